The van der Waals surface area contributed by atoms with Gasteiger partial charge in [-0.3, -0.25) is 14.5 Å². The molecular weight excluding hydrogens is 372 g/mol. The lowest BCUT2D eigenvalue weighted by atomic mass is 9.91. The van der Waals surface area contributed by atoms with Gasteiger partial charge in [0.05, 0.1) is 12.1 Å². The average Bonchev–Trinajstić information content (AvgIpc) is 2.87. The topological polar surface area (TPSA) is 101 Å². The second-order valence-corrected chi connectivity index (χ2v) is 6.49. The number of hydrogen-bond donors (Lipinski definition) is 2. The van der Waals surface area contributed by atoms with Gasteiger partial charge in [-0.05, 0) is 25.1 Å². The number of pyridine rings is 1. The molecule has 2 aromatic rings. The van der Waals surface area contributed by atoms with Crippen LogP contribution in [0.1, 0.15) is 12.5 Å². The number of carbonyl (C=O) groups excluding carboxylic acids is 3. The van der Waals surface area contributed by atoms with E-state index in [0.29, 0.717) is 16.3 Å². The SMILES string of the molecule is COc1ccccc1C1(C)NC(=O)N(CC(=O)Nc2ccc(Cl)cn2)C1=O. The number of nitrogens with zero attached hydrogens (tertiary/aromatic N) is 2. The van der Waals surface area contributed by atoms with E-state index in [0.717, 1.165) is 4.90 Å². The van der Waals surface area contributed by atoms with E-state index in [1.54, 1.807) is 37.3 Å². The number of amides is 4. The minimum Gasteiger partial charge on any atom is -0.496 e. The summed E-state index contributed by atoms with van der Waals surface area (Å²) >= 11 is 5.75. The molecule has 1 saturated heterocycles. The van der Waals surface area contributed by atoms with Crippen LogP contribution in [0.5, 0.6) is 5.75 Å². The predicted octanol–water partition coefficient (Wildman–Crippen LogP) is 2.15. The van der Waals surface area contributed by atoms with E-state index in [-0.39, 0.29) is 5.82 Å². The second-order valence-electron chi connectivity index (χ2n) is 6.06. The molecule has 0 spiro atoms. The smallest absolute Gasteiger partial charge is 0.325 e. The summed E-state index contributed by atoms with van der Waals surface area (Å²) in [6.07, 6.45) is 1.38. The highest BCUT2D eigenvalue weighted by atomic mass is 35.5. The Balaban J connectivity index is 1.77. The van der Waals surface area contributed by atoms with Gasteiger partial charge in [0.2, 0.25) is 5.91 Å². The van der Waals surface area contributed by atoms with Crippen molar-refractivity contribution in [2.75, 3.05) is 19.0 Å². The summed E-state index contributed by atoms with van der Waals surface area (Å²) in [6, 6.07) is 9.32. The Morgan fingerprint density at radius 1 is 1.30 bits per heavy atom. The van der Waals surface area contributed by atoms with Crippen LogP contribution in [0, 0.1) is 0 Å². The largest absolute Gasteiger partial charge is 0.496 e. The van der Waals surface area contributed by atoms with E-state index >= 15 is 0 Å². The van der Waals surface area contributed by atoms with Crippen molar-refractivity contribution in [2.45, 2.75) is 12.5 Å². The van der Waals surface area contributed by atoms with Crippen molar-refractivity contribution < 1.29 is 19.1 Å². The van der Waals surface area contributed by atoms with Crippen molar-refractivity contribution in [3.05, 3.63) is 53.2 Å². The molecule has 140 valence electrons. The van der Waals surface area contributed by atoms with Crippen LogP contribution in [0.3, 0.4) is 0 Å². The average molecular weight is 389 g/mol. The number of benzene rings is 1. The Morgan fingerprint density at radius 3 is 2.70 bits per heavy atom. The van der Waals surface area contributed by atoms with Gasteiger partial charge in [-0.15, -0.1) is 0 Å². The van der Waals surface area contributed by atoms with E-state index in [1.165, 1.54) is 19.4 Å². The van der Waals surface area contributed by atoms with Crippen molar-refractivity contribution in [1.29, 1.82) is 0 Å². The minimum atomic E-state index is -1.33. The van der Waals surface area contributed by atoms with Crippen LogP contribution >= 0.6 is 11.6 Å². The summed E-state index contributed by atoms with van der Waals surface area (Å²) in [5.74, 6) is -0.372. The number of anilines is 1. The van der Waals surface area contributed by atoms with E-state index < -0.39 is 29.9 Å². The van der Waals surface area contributed by atoms with Gasteiger partial charge >= 0.3 is 6.03 Å². The maximum Gasteiger partial charge on any atom is 0.325 e. The minimum absolute atomic E-state index is 0.268. The van der Waals surface area contributed by atoms with Gasteiger partial charge in [-0.1, -0.05) is 29.8 Å². The monoisotopic (exact) mass is 388 g/mol. The number of methoxy groups -OCH3 is 1. The third kappa shape index (κ3) is 3.56. The Hall–Kier alpha value is -3.13. The van der Waals surface area contributed by atoms with Crippen LogP contribution in [-0.2, 0) is 15.1 Å². The first kappa shape index (κ1) is 18.7. The van der Waals surface area contributed by atoms with Crippen LogP contribution < -0.4 is 15.4 Å². The summed E-state index contributed by atoms with van der Waals surface area (Å²) < 4.78 is 5.29. The molecule has 0 saturated carbocycles. The Labute approximate surface area is 160 Å². The van der Waals surface area contributed by atoms with Crippen molar-refractivity contribution >= 4 is 35.3 Å². The molecule has 4 amide bonds. The number of rotatable bonds is 5. The van der Waals surface area contributed by atoms with Crippen LogP contribution in [-0.4, -0.2) is 41.4 Å². The molecule has 0 aliphatic carbocycles. The Morgan fingerprint density at radius 2 is 2.04 bits per heavy atom. The van der Waals surface area contributed by atoms with Crippen molar-refractivity contribution in [3.8, 4) is 5.75 Å². The maximum absolute atomic E-state index is 12.9. The molecule has 1 fully saturated rings. The highest BCUT2D eigenvalue weighted by molar-refractivity contribution is 6.30. The van der Waals surface area contributed by atoms with Gasteiger partial charge in [-0.2, -0.15) is 0 Å². The summed E-state index contributed by atoms with van der Waals surface area (Å²) in [6.45, 7) is 1.13. The van der Waals surface area contributed by atoms with Crippen molar-refractivity contribution in [2.24, 2.45) is 0 Å². The van der Waals surface area contributed by atoms with E-state index in [9.17, 15) is 14.4 Å². The van der Waals surface area contributed by atoms with Crippen LogP contribution in [0.2, 0.25) is 5.02 Å². The lowest BCUT2D eigenvalue weighted by Gasteiger charge is -2.24. The molecule has 1 aromatic heterocycles. The zero-order valence-electron chi connectivity index (χ0n) is 14.7. The highest BCUT2D eigenvalue weighted by Crippen LogP contribution is 2.34. The molecule has 8 nitrogen and oxygen atoms in total. The zero-order valence-corrected chi connectivity index (χ0v) is 15.4. The molecule has 1 aromatic carbocycles. The number of hydrogen-bond acceptors (Lipinski definition) is 5. The lowest BCUT2D eigenvalue weighted by molar-refractivity contribution is -0.133. The third-order valence-corrected chi connectivity index (χ3v) is 4.44. The van der Waals surface area contributed by atoms with Crippen molar-refractivity contribution in [1.82, 2.24) is 15.2 Å². The molecule has 0 radical (unpaired) electrons. The van der Waals surface area contributed by atoms with Crippen LogP contribution in [0.15, 0.2) is 42.6 Å². The summed E-state index contributed by atoms with van der Waals surface area (Å²) in [5.41, 5.74) is -0.823. The molecule has 0 bridgehead atoms. The fraction of sp³-hybridized carbons (Fsp3) is 0.222. The molecule has 3 rings (SSSR count). The van der Waals surface area contributed by atoms with E-state index in [1.807, 2.05) is 0 Å². The van der Waals surface area contributed by atoms with E-state index in [2.05, 4.69) is 15.6 Å². The lowest BCUT2D eigenvalue weighted by Crippen LogP contribution is -2.42. The Kier molecular flexibility index (Phi) is 5.00. The molecule has 27 heavy (non-hydrogen) atoms. The maximum atomic E-state index is 12.9. The summed E-state index contributed by atoms with van der Waals surface area (Å²) in [5, 5.41) is 5.59. The number of para-hydroxylation sites is 1. The first-order valence-corrected chi connectivity index (χ1v) is 8.42. The molecule has 1 unspecified atom stereocenters. The molecule has 1 aliphatic heterocycles. The zero-order chi connectivity index (χ0) is 19.6. The number of nitrogens with one attached hydrogen (secondary N) is 2. The number of halogens is 1. The summed E-state index contributed by atoms with van der Waals surface area (Å²) in [7, 11) is 1.48. The highest BCUT2D eigenvalue weighted by Gasteiger charge is 2.50. The molecule has 1 aliphatic rings. The number of ether oxygens (including phenoxy) is 1. The van der Waals surface area contributed by atoms with Gasteiger partial charge in [0.15, 0.2) is 0 Å². The number of carbonyl (C=O) groups is 3. The normalized spacial score (nSPS) is 19.0. The van der Waals surface area contributed by atoms with Gasteiger partial charge < -0.3 is 15.4 Å². The fourth-order valence-electron chi connectivity index (χ4n) is 2.86. The molecule has 9 heteroatoms. The second kappa shape index (κ2) is 7.24. The number of aromatic nitrogens is 1. The number of imide groups is 1. The first-order valence-electron chi connectivity index (χ1n) is 8.04. The van der Waals surface area contributed by atoms with Crippen LogP contribution in [0.25, 0.3) is 0 Å². The number of urea groups is 1. The molecule has 2 heterocycles. The predicted molar refractivity (Wildman–Crippen MR) is 98.5 cm³/mol. The van der Waals surface area contributed by atoms with Crippen LogP contribution in [0.4, 0.5) is 10.6 Å². The summed E-state index contributed by atoms with van der Waals surface area (Å²) in [4.78, 5) is 42.3. The van der Waals surface area contributed by atoms with Crippen molar-refractivity contribution in [3.63, 3.8) is 0 Å². The van der Waals surface area contributed by atoms with Gasteiger partial charge in [0.1, 0.15) is 23.7 Å². The quantitative estimate of drug-likeness (QED) is 0.764. The molecular formula is C18H17ClN4O4. The third-order valence-electron chi connectivity index (χ3n) is 4.22. The van der Waals surface area contributed by atoms with E-state index in [4.69, 9.17) is 16.3 Å². The van der Waals surface area contributed by atoms with Gasteiger partial charge in [-0.25, -0.2) is 9.78 Å². The molecule has 2 N–H and O–H groups in total. The fourth-order valence-corrected chi connectivity index (χ4v) is 2.97. The standard InChI is InChI=1S/C18H17ClN4O4/c1-18(12-5-3-4-6-13(12)27-2)16(25)23(17(26)22-18)10-15(24)21-14-8-7-11(19)9-20-14/h3-9H,10H2,1-2H3,(H,22,26)(H,20,21,24). The molecule has 1 atom stereocenters. The first-order chi connectivity index (χ1) is 12.8. The van der Waals surface area contributed by atoms with Gasteiger partial charge in [0, 0.05) is 11.8 Å². The Bertz CT molecular complexity index is 902. The van der Waals surface area contributed by atoms with Gasteiger partial charge in [0.25, 0.3) is 5.91 Å².